The summed E-state index contributed by atoms with van der Waals surface area (Å²) in [6.45, 7) is 1.61. The second kappa shape index (κ2) is 9.89. The van der Waals surface area contributed by atoms with Gasteiger partial charge in [-0.25, -0.2) is 4.79 Å². The summed E-state index contributed by atoms with van der Waals surface area (Å²) in [5.74, 6) is -2.96. The minimum atomic E-state index is -1.05. The van der Waals surface area contributed by atoms with Gasteiger partial charge in [-0.1, -0.05) is 73.7 Å². The fraction of sp³-hybridized carbons (Fsp3) is 0.240. The van der Waals surface area contributed by atoms with E-state index in [4.69, 9.17) is 5.11 Å². The van der Waals surface area contributed by atoms with Crippen LogP contribution in [0.15, 0.2) is 77.9 Å². The fourth-order valence-electron chi connectivity index (χ4n) is 3.57. The van der Waals surface area contributed by atoms with Crippen molar-refractivity contribution in [3.63, 3.8) is 0 Å². The molecule has 1 amide bonds. The van der Waals surface area contributed by atoms with Gasteiger partial charge in [-0.3, -0.25) is 9.59 Å². The smallest absolute Gasteiger partial charge is 0.331 e. The van der Waals surface area contributed by atoms with E-state index in [9.17, 15) is 19.5 Å². The average Bonchev–Trinajstić information content (AvgIpc) is 3.25. The Kier molecular flexibility index (Phi) is 7.03. The summed E-state index contributed by atoms with van der Waals surface area (Å²) < 4.78 is 0. The summed E-state index contributed by atoms with van der Waals surface area (Å²) in [5.41, 5.74) is 3.69. The van der Waals surface area contributed by atoms with Gasteiger partial charge in [0.05, 0.1) is 5.92 Å². The lowest BCUT2D eigenvalue weighted by molar-refractivity contribution is -0.141. The van der Waals surface area contributed by atoms with Gasteiger partial charge in [0, 0.05) is 23.6 Å². The second-order valence-corrected chi connectivity index (χ2v) is 7.78. The van der Waals surface area contributed by atoms with Crippen LogP contribution >= 0.6 is 0 Å². The topological polar surface area (TPSA) is 104 Å². The highest BCUT2D eigenvalue weighted by Crippen LogP contribution is 2.22. The van der Waals surface area contributed by atoms with E-state index in [0.717, 1.165) is 16.7 Å². The Bertz CT molecular complexity index is 1020. The average molecular weight is 419 g/mol. The van der Waals surface area contributed by atoms with Gasteiger partial charge >= 0.3 is 11.9 Å². The van der Waals surface area contributed by atoms with Crippen molar-refractivity contribution < 1.29 is 24.6 Å². The van der Waals surface area contributed by atoms with E-state index in [1.807, 2.05) is 54.6 Å². The molecule has 0 aliphatic heterocycles. The molecule has 31 heavy (non-hydrogen) atoms. The summed E-state index contributed by atoms with van der Waals surface area (Å²) in [4.78, 5) is 35.1. The lowest BCUT2D eigenvalue weighted by Gasteiger charge is -2.21. The third-order valence-electron chi connectivity index (χ3n) is 5.37. The molecule has 2 atom stereocenters. The van der Waals surface area contributed by atoms with Crippen LogP contribution in [0, 0.1) is 5.92 Å². The molecule has 0 radical (unpaired) electrons. The largest absolute Gasteiger partial charge is 0.481 e. The highest BCUT2D eigenvalue weighted by molar-refractivity contribution is 5.99. The van der Waals surface area contributed by atoms with Gasteiger partial charge in [-0.2, -0.15) is 0 Å². The molecular weight excluding hydrogens is 394 g/mol. The lowest BCUT2D eigenvalue weighted by atomic mass is 9.94. The molecular formula is C25H25NO5. The van der Waals surface area contributed by atoms with Crippen molar-refractivity contribution in [3.05, 3.63) is 83.5 Å². The maximum Gasteiger partial charge on any atom is 0.331 e. The number of benzene rings is 2. The maximum absolute atomic E-state index is 12.7. The Balaban J connectivity index is 1.69. The van der Waals surface area contributed by atoms with Gasteiger partial charge < -0.3 is 15.5 Å². The normalized spacial score (nSPS) is 14.9. The van der Waals surface area contributed by atoms with Crippen molar-refractivity contribution in [2.24, 2.45) is 5.92 Å². The molecule has 3 rings (SSSR count). The molecule has 2 aromatic carbocycles. The van der Waals surface area contributed by atoms with Crippen molar-refractivity contribution in [2.45, 2.75) is 32.2 Å². The lowest BCUT2D eigenvalue weighted by Crippen LogP contribution is -2.39. The number of hydrogen-bond acceptors (Lipinski definition) is 3. The molecule has 1 aliphatic carbocycles. The predicted molar refractivity (Wildman–Crippen MR) is 117 cm³/mol. The molecule has 2 aromatic rings. The minimum Gasteiger partial charge on any atom is -0.481 e. The van der Waals surface area contributed by atoms with Crippen LogP contribution in [0.3, 0.4) is 0 Å². The Hall–Kier alpha value is -3.67. The Morgan fingerprint density at radius 2 is 1.52 bits per heavy atom. The summed E-state index contributed by atoms with van der Waals surface area (Å²) in [6, 6.07) is 17.5. The van der Waals surface area contributed by atoms with Crippen LogP contribution in [0.1, 0.15) is 25.3 Å². The summed E-state index contributed by atoms with van der Waals surface area (Å²) in [7, 11) is 0. The van der Waals surface area contributed by atoms with Crippen molar-refractivity contribution in [1.29, 1.82) is 0 Å². The molecule has 1 aliphatic rings. The summed E-state index contributed by atoms with van der Waals surface area (Å²) in [5, 5.41) is 21.3. The number of amides is 1. The molecule has 0 heterocycles. The first-order valence-electron chi connectivity index (χ1n) is 10.1. The molecule has 3 N–H and O–H groups in total. The third kappa shape index (κ3) is 5.92. The molecule has 0 unspecified atom stereocenters. The van der Waals surface area contributed by atoms with Crippen molar-refractivity contribution in [1.82, 2.24) is 5.32 Å². The van der Waals surface area contributed by atoms with Gasteiger partial charge in [0.25, 0.3) is 0 Å². The number of nitrogens with one attached hydrogen (secondary N) is 1. The first-order valence-corrected chi connectivity index (χ1v) is 10.1. The second-order valence-electron chi connectivity index (χ2n) is 7.78. The summed E-state index contributed by atoms with van der Waals surface area (Å²) >= 11 is 0. The first kappa shape index (κ1) is 22.0. The number of carboxylic acids is 2. The molecule has 0 spiro atoms. The molecule has 0 fully saturated rings. The van der Waals surface area contributed by atoms with Crippen LogP contribution in [0.2, 0.25) is 0 Å². The van der Waals surface area contributed by atoms with Gasteiger partial charge in [0.2, 0.25) is 5.91 Å². The minimum absolute atomic E-state index is 0.0636. The SMILES string of the molecule is C[C@H](C[C@@H](Cc1ccc(-c2ccccc2)cc1)NC(=O)C1=CC=C(C(=O)O)C1)C(=O)O. The molecule has 6 heteroatoms. The molecule has 0 saturated heterocycles. The molecule has 0 saturated carbocycles. The Morgan fingerprint density at radius 3 is 2.10 bits per heavy atom. The van der Waals surface area contributed by atoms with E-state index in [2.05, 4.69) is 5.32 Å². The zero-order valence-corrected chi connectivity index (χ0v) is 17.2. The van der Waals surface area contributed by atoms with Crippen LogP contribution in [-0.4, -0.2) is 34.1 Å². The van der Waals surface area contributed by atoms with Gasteiger partial charge in [-0.15, -0.1) is 0 Å². The van der Waals surface area contributed by atoms with Gasteiger partial charge in [0.15, 0.2) is 0 Å². The fourth-order valence-corrected chi connectivity index (χ4v) is 3.57. The standard InChI is InChI=1S/C25H25NO5/c1-16(24(28)29)13-22(26-23(27)20-11-12-21(15-20)25(30)31)14-17-7-9-19(10-8-17)18-5-3-2-4-6-18/h2-12,16,22H,13-15H2,1H3,(H,26,27)(H,28,29)(H,30,31)/t16-,22+/m1/s1. The highest BCUT2D eigenvalue weighted by atomic mass is 16.4. The van der Waals surface area contributed by atoms with E-state index < -0.39 is 23.9 Å². The predicted octanol–water partition coefficient (Wildman–Crippen LogP) is 3.83. The number of aliphatic carboxylic acids is 2. The Morgan fingerprint density at radius 1 is 0.903 bits per heavy atom. The third-order valence-corrected chi connectivity index (χ3v) is 5.37. The maximum atomic E-state index is 12.7. The zero-order valence-electron chi connectivity index (χ0n) is 17.2. The summed E-state index contributed by atoms with van der Waals surface area (Å²) in [6.07, 6.45) is 3.74. The number of hydrogen-bond donors (Lipinski definition) is 3. The molecule has 160 valence electrons. The monoisotopic (exact) mass is 419 g/mol. The van der Waals surface area contributed by atoms with Gasteiger partial charge in [0.1, 0.15) is 0 Å². The zero-order chi connectivity index (χ0) is 22.4. The van der Waals surface area contributed by atoms with Crippen molar-refractivity contribution in [3.8, 4) is 11.1 Å². The number of allylic oxidation sites excluding steroid dienone is 2. The van der Waals surface area contributed by atoms with E-state index in [-0.39, 0.29) is 24.3 Å². The highest BCUT2D eigenvalue weighted by Gasteiger charge is 2.24. The number of carbonyl (C=O) groups is 3. The number of rotatable bonds is 9. The van der Waals surface area contributed by atoms with Crippen molar-refractivity contribution in [2.75, 3.05) is 0 Å². The number of carboxylic acid groups (broad SMARTS) is 2. The molecule has 0 bridgehead atoms. The van der Waals surface area contributed by atoms with Crippen LogP contribution in [0.25, 0.3) is 11.1 Å². The molecule has 0 aromatic heterocycles. The Labute approximate surface area is 180 Å². The molecule has 6 nitrogen and oxygen atoms in total. The van der Waals surface area contributed by atoms with Crippen molar-refractivity contribution >= 4 is 17.8 Å². The van der Waals surface area contributed by atoms with Crippen LogP contribution in [-0.2, 0) is 20.8 Å². The van der Waals surface area contributed by atoms with Gasteiger partial charge in [-0.05, 0) is 29.5 Å². The van der Waals surface area contributed by atoms with Crippen LogP contribution in [0.4, 0.5) is 0 Å². The number of carbonyl (C=O) groups excluding carboxylic acids is 1. The van der Waals surface area contributed by atoms with Crippen LogP contribution < -0.4 is 5.32 Å². The quantitative estimate of drug-likeness (QED) is 0.573. The van der Waals surface area contributed by atoms with E-state index in [1.165, 1.54) is 12.2 Å². The van der Waals surface area contributed by atoms with Crippen LogP contribution in [0.5, 0.6) is 0 Å². The first-order chi connectivity index (χ1) is 14.8. The van der Waals surface area contributed by atoms with E-state index >= 15 is 0 Å². The van der Waals surface area contributed by atoms with E-state index in [0.29, 0.717) is 12.0 Å². The van der Waals surface area contributed by atoms with E-state index in [1.54, 1.807) is 6.92 Å².